The largest absolute Gasteiger partial charge is 0.468 e. The minimum atomic E-state index is -4.62. The molecule has 182 valence electrons. The monoisotopic (exact) mass is 523 g/mol. The fourth-order valence-electron chi connectivity index (χ4n) is 3.46. The molecule has 3 rings (SSSR count). The van der Waals surface area contributed by atoms with Crippen LogP contribution in [-0.2, 0) is 25.3 Å². The first-order valence-electron chi connectivity index (χ1n) is 9.94. The van der Waals surface area contributed by atoms with Crippen LogP contribution >= 0.6 is 23.4 Å². The van der Waals surface area contributed by atoms with E-state index in [1.54, 1.807) is 30.3 Å². The molecular formula is C23H17ClF3N3O4S. The number of esters is 1. The summed E-state index contributed by atoms with van der Waals surface area (Å²) in [5.74, 6) is -4.90. The first-order chi connectivity index (χ1) is 16.6. The van der Waals surface area contributed by atoms with Crippen molar-refractivity contribution in [1.29, 1.82) is 5.26 Å². The van der Waals surface area contributed by atoms with E-state index in [2.05, 4.69) is 10.6 Å². The number of nitriles is 1. The lowest BCUT2D eigenvalue weighted by Crippen LogP contribution is -2.44. The molecule has 0 fully saturated rings. The van der Waals surface area contributed by atoms with Crippen LogP contribution < -0.4 is 10.6 Å². The van der Waals surface area contributed by atoms with Crippen molar-refractivity contribution in [3.63, 3.8) is 0 Å². The summed E-state index contributed by atoms with van der Waals surface area (Å²) in [6.45, 7) is 0. The van der Waals surface area contributed by atoms with Gasteiger partial charge < -0.3 is 15.4 Å². The predicted molar refractivity (Wildman–Crippen MR) is 123 cm³/mol. The fourth-order valence-corrected chi connectivity index (χ4v) is 4.47. The van der Waals surface area contributed by atoms with Gasteiger partial charge >= 0.3 is 12.1 Å². The number of hydrogen-bond acceptors (Lipinski definition) is 6. The van der Waals surface area contributed by atoms with Crippen molar-refractivity contribution in [3.05, 3.63) is 75.3 Å². The number of hydrogen-bond donors (Lipinski definition) is 2. The molecule has 0 radical (unpaired) electrons. The maximum atomic E-state index is 13.0. The van der Waals surface area contributed by atoms with Gasteiger partial charge in [-0.3, -0.25) is 14.4 Å². The van der Waals surface area contributed by atoms with Gasteiger partial charge in [0.05, 0.1) is 45.8 Å². The van der Waals surface area contributed by atoms with Gasteiger partial charge in [0.2, 0.25) is 11.8 Å². The first kappa shape index (κ1) is 26.1. The minimum absolute atomic E-state index is 0.0427. The number of nitrogens with zero attached hydrogens (tertiary/aromatic N) is 1. The van der Waals surface area contributed by atoms with Gasteiger partial charge in [0.1, 0.15) is 5.92 Å². The Kier molecular flexibility index (Phi) is 8.09. The zero-order valence-electron chi connectivity index (χ0n) is 18.0. The molecule has 1 aliphatic rings. The van der Waals surface area contributed by atoms with Crippen molar-refractivity contribution in [2.45, 2.75) is 12.1 Å². The molecule has 2 aromatic rings. The lowest BCUT2D eigenvalue weighted by Gasteiger charge is -2.30. The summed E-state index contributed by atoms with van der Waals surface area (Å²) in [4.78, 5) is 37.6. The normalized spacial score (nSPS) is 17.9. The molecule has 0 unspecified atom stereocenters. The minimum Gasteiger partial charge on any atom is -0.468 e. The fraction of sp³-hybridized carbons (Fsp3) is 0.217. The van der Waals surface area contributed by atoms with Crippen LogP contribution in [0.1, 0.15) is 17.0 Å². The van der Waals surface area contributed by atoms with Gasteiger partial charge in [-0.05, 0) is 23.8 Å². The van der Waals surface area contributed by atoms with E-state index in [4.69, 9.17) is 16.3 Å². The lowest BCUT2D eigenvalue weighted by molar-refractivity contribution is -0.150. The molecule has 12 heteroatoms. The van der Waals surface area contributed by atoms with Crippen molar-refractivity contribution < 1.29 is 32.3 Å². The van der Waals surface area contributed by atoms with Gasteiger partial charge in [0, 0.05) is 5.92 Å². The van der Waals surface area contributed by atoms with Gasteiger partial charge in [-0.25, -0.2) is 0 Å². The highest BCUT2D eigenvalue weighted by Crippen LogP contribution is 2.40. The number of anilines is 1. The molecule has 0 aliphatic carbocycles. The van der Waals surface area contributed by atoms with E-state index < -0.39 is 41.4 Å². The third-order valence-electron chi connectivity index (χ3n) is 5.06. The average Bonchev–Trinajstić information content (AvgIpc) is 2.83. The van der Waals surface area contributed by atoms with E-state index in [1.807, 2.05) is 6.07 Å². The Morgan fingerprint density at radius 1 is 1.23 bits per heavy atom. The Hall–Kier alpha value is -3.49. The maximum Gasteiger partial charge on any atom is 0.416 e. The molecule has 7 nitrogen and oxygen atoms in total. The smallest absolute Gasteiger partial charge is 0.416 e. The Morgan fingerprint density at radius 2 is 1.91 bits per heavy atom. The highest BCUT2D eigenvalue weighted by molar-refractivity contribution is 8.03. The molecule has 1 aliphatic heterocycles. The second-order valence-corrected chi connectivity index (χ2v) is 8.66. The number of carbonyl (C=O) groups excluding carboxylic acids is 3. The molecule has 2 atom stereocenters. The predicted octanol–water partition coefficient (Wildman–Crippen LogP) is 4.47. The molecule has 0 bridgehead atoms. The van der Waals surface area contributed by atoms with Crippen molar-refractivity contribution in [2.75, 3.05) is 18.2 Å². The topological polar surface area (TPSA) is 108 Å². The van der Waals surface area contributed by atoms with Crippen molar-refractivity contribution in [1.82, 2.24) is 5.32 Å². The Morgan fingerprint density at radius 3 is 2.51 bits per heavy atom. The van der Waals surface area contributed by atoms with E-state index in [0.29, 0.717) is 11.6 Å². The van der Waals surface area contributed by atoms with Crippen LogP contribution in [0.5, 0.6) is 0 Å². The van der Waals surface area contributed by atoms with Gasteiger partial charge in [-0.15, -0.1) is 0 Å². The van der Waals surface area contributed by atoms with Crippen LogP contribution in [0.25, 0.3) is 0 Å². The van der Waals surface area contributed by atoms with Crippen LogP contribution in [0.4, 0.5) is 18.9 Å². The van der Waals surface area contributed by atoms with Crippen LogP contribution in [0, 0.1) is 17.2 Å². The number of carbonyl (C=O) groups is 3. The third kappa shape index (κ3) is 5.96. The van der Waals surface area contributed by atoms with Crippen LogP contribution in [0.3, 0.4) is 0 Å². The maximum absolute atomic E-state index is 13.0. The summed E-state index contributed by atoms with van der Waals surface area (Å²) < 4.78 is 43.7. The lowest BCUT2D eigenvalue weighted by atomic mass is 9.78. The zero-order chi connectivity index (χ0) is 25.8. The average molecular weight is 524 g/mol. The standard InChI is InChI=1S/C23H17ClF3N3O4S/c1-34-22(33)19-18(12-5-3-2-4-6-12)14(10-28)21(30-20(19)32)35-11-17(31)29-16-9-13(23(25,26)27)7-8-15(16)24/h2-9,18-19H,11H2,1H3,(H,29,31)(H,30,32)/t18-,19-/m0/s1. The number of ether oxygens (including phenoxy) is 1. The second kappa shape index (κ2) is 10.8. The molecule has 1 heterocycles. The van der Waals surface area contributed by atoms with Gasteiger partial charge in [0.15, 0.2) is 0 Å². The number of nitrogens with one attached hydrogen (secondary N) is 2. The summed E-state index contributed by atoms with van der Waals surface area (Å²) in [6.07, 6.45) is -4.62. The van der Waals surface area contributed by atoms with Gasteiger partial charge in [0.25, 0.3) is 0 Å². The van der Waals surface area contributed by atoms with Crippen LogP contribution in [0.15, 0.2) is 59.1 Å². The van der Waals surface area contributed by atoms with Crippen molar-refractivity contribution in [3.8, 4) is 6.07 Å². The highest BCUT2D eigenvalue weighted by Gasteiger charge is 2.44. The van der Waals surface area contributed by atoms with Gasteiger partial charge in [-0.2, -0.15) is 18.4 Å². The van der Waals surface area contributed by atoms with E-state index in [1.165, 1.54) is 0 Å². The highest BCUT2D eigenvalue weighted by atomic mass is 35.5. The zero-order valence-corrected chi connectivity index (χ0v) is 19.6. The number of rotatable bonds is 6. The molecule has 0 spiro atoms. The number of alkyl halides is 3. The van der Waals surface area contributed by atoms with E-state index in [0.717, 1.165) is 31.0 Å². The van der Waals surface area contributed by atoms with Crippen LogP contribution in [0.2, 0.25) is 5.02 Å². The SMILES string of the molecule is COC(=O)[C@@H]1C(=O)NC(SCC(=O)Nc2cc(C(F)(F)F)ccc2Cl)=C(C#N)[C@@H]1c1ccccc1. The summed E-state index contributed by atoms with van der Waals surface area (Å²) in [5.41, 5.74) is -0.658. The molecule has 0 saturated carbocycles. The molecular weight excluding hydrogens is 507 g/mol. The number of halogens is 4. The quantitative estimate of drug-likeness (QED) is 0.427. The molecule has 0 saturated heterocycles. The molecule has 2 amide bonds. The van der Waals surface area contributed by atoms with Gasteiger partial charge in [-0.1, -0.05) is 53.7 Å². The summed E-state index contributed by atoms with van der Waals surface area (Å²) in [5, 5.41) is 14.6. The third-order valence-corrected chi connectivity index (χ3v) is 6.40. The molecule has 2 aromatic carbocycles. The van der Waals surface area contributed by atoms with Crippen LogP contribution in [-0.4, -0.2) is 30.6 Å². The van der Waals surface area contributed by atoms with E-state index in [9.17, 15) is 32.8 Å². The number of benzene rings is 2. The molecule has 0 aromatic heterocycles. The summed E-state index contributed by atoms with van der Waals surface area (Å²) >= 11 is 6.70. The number of allylic oxidation sites excluding steroid dienone is 1. The van der Waals surface area contributed by atoms with Crippen molar-refractivity contribution in [2.24, 2.45) is 5.92 Å². The Bertz CT molecular complexity index is 1230. The van der Waals surface area contributed by atoms with E-state index in [-0.39, 0.29) is 27.1 Å². The number of thioether (sulfide) groups is 1. The summed E-state index contributed by atoms with van der Waals surface area (Å²) in [6, 6.07) is 12.9. The van der Waals surface area contributed by atoms with Crippen molar-refractivity contribution >= 4 is 46.8 Å². The Labute approximate surface area is 207 Å². The summed E-state index contributed by atoms with van der Waals surface area (Å²) in [7, 11) is 1.13. The second-order valence-electron chi connectivity index (χ2n) is 7.26. The van der Waals surface area contributed by atoms with E-state index >= 15 is 0 Å². The number of methoxy groups -OCH3 is 1. The molecule has 35 heavy (non-hydrogen) atoms. The molecule has 2 N–H and O–H groups in total. The Balaban J connectivity index is 1.86. The number of amides is 2. The first-order valence-corrected chi connectivity index (χ1v) is 11.3.